The van der Waals surface area contributed by atoms with Gasteiger partial charge in [0.2, 0.25) is 0 Å². The molecule has 0 aliphatic heterocycles. The molecule has 0 fully saturated rings. The number of hydrogen-bond acceptors (Lipinski definition) is 3. The first kappa shape index (κ1) is 16.6. The van der Waals surface area contributed by atoms with E-state index in [2.05, 4.69) is 5.32 Å². The maximum absolute atomic E-state index is 12.7. The molecule has 0 aliphatic carbocycles. The first-order valence-corrected chi connectivity index (χ1v) is 7.91. The summed E-state index contributed by atoms with van der Waals surface area (Å²) in [5.74, 6) is -1.33. The van der Waals surface area contributed by atoms with E-state index in [1.165, 1.54) is 6.92 Å². The second-order valence-electron chi connectivity index (χ2n) is 5.95. The van der Waals surface area contributed by atoms with Gasteiger partial charge in [-0.25, -0.2) is 0 Å². The minimum atomic E-state index is -0.699. The summed E-state index contributed by atoms with van der Waals surface area (Å²) < 4.78 is 1.90. The number of carbonyl (C=O) groups is 3. The molecule has 0 aliphatic rings. The van der Waals surface area contributed by atoms with Crippen LogP contribution in [0.15, 0.2) is 48.5 Å². The van der Waals surface area contributed by atoms with Gasteiger partial charge >= 0.3 is 0 Å². The second kappa shape index (κ2) is 6.36. The zero-order chi connectivity index (χ0) is 18.1. The monoisotopic (exact) mass is 334 g/mol. The smallest absolute Gasteiger partial charge is 0.296 e. The van der Waals surface area contributed by atoms with Gasteiger partial charge < -0.3 is 9.88 Å². The van der Waals surface area contributed by atoms with E-state index in [1.807, 2.05) is 42.8 Å². The Hall–Kier alpha value is -3.21. The molecule has 1 heterocycles. The number of aryl methyl sites for hydroxylation is 1. The Morgan fingerprint density at radius 1 is 0.960 bits per heavy atom. The molecule has 0 atom stereocenters. The Labute approximate surface area is 145 Å². The van der Waals surface area contributed by atoms with Gasteiger partial charge in [0.1, 0.15) is 0 Å². The van der Waals surface area contributed by atoms with Crippen molar-refractivity contribution in [2.24, 2.45) is 7.05 Å². The summed E-state index contributed by atoms with van der Waals surface area (Å²) in [6.07, 6.45) is 0. The van der Waals surface area contributed by atoms with Crippen molar-refractivity contribution in [2.75, 3.05) is 5.32 Å². The Bertz CT molecular complexity index is 998. The normalized spacial score (nSPS) is 10.7. The van der Waals surface area contributed by atoms with Gasteiger partial charge in [0.05, 0.1) is 5.56 Å². The lowest BCUT2D eigenvalue weighted by atomic mass is 10.1. The number of hydrogen-bond donors (Lipinski definition) is 1. The van der Waals surface area contributed by atoms with Crippen LogP contribution in [-0.2, 0) is 11.8 Å². The number of nitrogens with one attached hydrogen (secondary N) is 1. The van der Waals surface area contributed by atoms with Gasteiger partial charge in [0.25, 0.3) is 11.7 Å². The highest BCUT2D eigenvalue weighted by Crippen LogP contribution is 2.25. The standard InChI is InChI=1S/C20H18N2O3/c1-12-18(16-6-4-5-7-17(16)22(12)3)19(24)20(25)21-15-10-8-14(9-11-15)13(2)23/h4-11H,1-3H3,(H,21,25). The van der Waals surface area contributed by atoms with Crippen molar-refractivity contribution in [2.45, 2.75) is 13.8 Å². The summed E-state index contributed by atoms with van der Waals surface area (Å²) in [5.41, 5.74) is 3.08. The van der Waals surface area contributed by atoms with Gasteiger partial charge in [-0.3, -0.25) is 14.4 Å². The lowest BCUT2D eigenvalue weighted by Crippen LogP contribution is -2.23. The largest absolute Gasteiger partial charge is 0.347 e. The Morgan fingerprint density at radius 2 is 1.60 bits per heavy atom. The van der Waals surface area contributed by atoms with Crippen LogP contribution in [0.3, 0.4) is 0 Å². The van der Waals surface area contributed by atoms with Crippen LogP contribution in [0.1, 0.15) is 33.3 Å². The van der Waals surface area contributed by atoms with Crippen LogP contribution < -0.4 is 5.32 Å². The molecule has 0 saturated carbocycles. The number of carbonyl (C=O) groups excluding carboxylic acids is 3. The molecule has 3 aromatic rings. The number of Topliss-reactive ketones (excluding diaryl/α,β-unsaturated/α-hetero) is 2. The van der Waals surface area contributed by atoms with E-state index < -0.39 is 11.7 Å². The number of rotatable bonds is 4. The van der Waals surface area contributed by atoms with Crippen molar-refractivity contribution in [1.29, 1.82) is 0 Å². The third-order valence-corrected chi connectivity index (χ3v) is 4.38. The van der Waals surface area contributed by atoms with E-state index in [-0.39, 0.29) is 5.78 Å². The van der Waals surface area contributed by atoms with Gasteiger partial charge in [-0.05, 0) is 44.2 Å². The minimum absolute atomic E-state index is 0.0552. The van der Waals surface area contributed by atoms with Crippen LogP contribution in [-0.4, -0.2) is 22.0 Å². The molecule has 0 unspecified atom stereocenters. The van der Waals surface area contributed by atoms with Gasteiger partial charge in [-0.15, -0.1) is 0 Å². The fourth-order valence-corrected chi connectivity index (χ4v) is 2.90. The third kappa shape index (κ3) is 2.96. The van der Waals surface area contributed by atoms with Gasteiger partial charge in [0, 0.05) is 34.9 Å². The average molecular weight is 334 g/mol. The van der Waals surface area contributed by atoms with Crippen molar-refractivity contribution in [3.63, 3.8) is 0 Å². The van der Waals surface area contributed by atoms with E-state index in [1.54, 1.807) is 24.3 Å². The number of amides is 1. The molecule has 3 rings (SSSR count). The number of para-hydroxylation sites is 1. The fourth-order valence-electron chi connectivity index (χ4n) is 2.90. The second-order valence-corrected chi connectivity index (χ2v) is 5.95. The summed E-state index contributed by atoms with van der Waals surface area (Å²) in [4.78, 5) is 36.4. The molecular formula is C20H18N2O3. The summed E-state index contributed by atoms with van der Waals surface area (Å²) in [7, 11) is 1.87. The zero-order valence-electron chi connectivity index (χ0n) is 14.3. The Kier molecular flexibility index (Phi) is 4.23. The van der Waals surface area contributed by atoms with Crippen molar-refractivity contribution in [1.82, 2.24) is 4.57 Å². The van der Waals surface area contributed by atoms with Gasteiger partial charge in [-0.1, -0.05) is 18.2 Å². The molecule has 0 bridgehead atoms. The van der Waals surface area contributed by atoms with Crippen LogP contribution in [0, 0.1) is 6.92 Å². The highest BCUT2D eigenvalue weighted by molar-refractivity contribution is 6.48. The molecule has 1 aromatic heterocycles. The van der Waals surface area contributed by atoms with E-state index in [9.17, 15) is 14.4 Å². The van der Waals surface area contributed by atoms with Crippen LogP contribution >= 0.6 is 0 Å². The number of fused-ring (bicyclic) bond motifs is 1. The predicted octanol–water partition coefficient (Wildman–Crippen LogP) is 3.51. The first-order valence-electron chi connectivity index (χ1n) is 7.91. The maximum atomic E-state index is 12.7. The summed E-state index contributed by atoms with van der Waals surface area (Å²) >= 11 is 0. The van der Waals surface area contributed by atoms with Crippen molar-refractivity contribution >= 4 is 34.1 Å². The van der Waals surface area contributed by atoms with E-state index in [4.69, 9.17) is 0 Å². The number of benzene rings is 2. The number of anilines is 1. The molecule has 0 spiro atoms. The molecule has 1 amide bonds. The third-order valence-electron chi connectivity index (χ3n) is 4.38. The quantitative estimate of drug-likeness (QED) is 0.586. The summed E-state index contributed by atoms with van der Waals surface area (Å²) in [6.45, 7) is 3.29. The number of ketones is 2. The molecular weight excluding hydrogens is 316 g/mol. The van der Waals surface area contributed by atoms with Crippen LogP contribution in [0.5, 0.6) is 0 Å². The molecule has 1 N–H and O–H groups in total. The van der Waals surface area contributed by atoms with E-state index in [0.717, 1.165) is 16.6 Å². The minimum Gasteiger partial charge on any atom is -0.347 e. The predicted molar refractivity (Wildman–Crippen MR) is 97.1 cm³/mol. The van der Waals surface area contributed by atoms with E-state index >= 15 is 0 Å². The molecule has 0 radical (unpaired) electrons. The molecule has 2 aromatic carbocycles. The highest BCUT2D eigenvalue weighted by Gasteiger charge is 2.24. The number of aromatic nitrogens is 1. The lowest BCUT2D eigenvalue weighted by Gasteiger charge is -2.06. The molecule has 5 heteroatoms. The summed E-state index contributed by atoms with van der Waals surface area (Å²) in [6, 6.07) is 13.9. The van der Waals surface area contributed by atoms with Crippen LogP contribution in [0.25, 0.3) is 10.9 Å². The van der Waals surface area contributed by atoms with Gasteiger partial charge in [-0.2, -0.15) is 0 Å². The fraction of sp³-hybridized carbons (Fsp3) is 0.150. The Morgan fingerprint density at radius 3 is 2.24 bits per heavy atom. The molecule has 0 saturated heterocycles. The SMILES string of the molecule is CC(=O)c1ccc(NC(=O)C(=O)c2c(C)n(C)c3ccccc23)cc1. The highest BCUT2D eigenvalue weighted by atomic mass is 16.2. The average Bonchev–Trinajstić information content (AvgIpc) is 2.86. The van der Waals surface area contributed by atoms with Crippen LogP contribution in [0.4, 0.5) is 5.69 Å². The van der Waals surface area contributed by atoms with Crippen molar-refractivity contribution in [3.05, 3.63) is 65.4 Å². The van der Waals surface area contributed by atoms with Crippen LogP contribution in [0.2, 0.25) is 0 Å². The first-order chi connectivity index (χ1) is 11.9. The van der Waals surface area contributed by atoms with E-state index in [0.29, 0.717) is 16.8 Å². The van der Waals surface area contributed by atoms with Crippen molar-refractivity contribution in [3.8, 4) is 0 Å². The number of nitrogens with zero attached hydrogens (tertiary/aromatic N) is 1. The zero-order valence-corrected chi connectivity index (χ0v) is 14.3. The molecule has 25 heavy (non-hydrogen) atoms. The molecule has 126 valence electrons. The molecule has 5 nitrogen and oxygen atoms in total. The lowest BCUT2D eigenvalue weighted by molar-refractivity contribution is -0.112. The van der Waals surface area contributed by atoms with Gasteiger partial charge in [0.15, 0.2) is 5.78 Å². The maximum Gasteiger partial charge on any atom is 0.296 e. The summed E-state index contributed by atoms with van der Waals surface area (Å²) in [5, 5.41) is 3.36. The Balaban J connectivity index is 1.90. The topological polar surface area (TPSA) is 68.2 Å². The van der Waals surface area contributed by atoms with Crippen molar-refractivity contribution < 1.29 is 14.4 Å².